The highest BCUT2D eigenvalue weighted by Crippen LogP contribution is 2.18. The molecule has 0 bridgehead atoms. The van der Waals surface area contributed by atoms with E-state index in [1.165, 1.54) is 4.90 Å². The van der Waals surface area contributed by atoms with E-state index in [1.807, 2.05) is 6.07 Å². The standard InChI is InChI=1S/C12H12BrN5O3/c13-8-2-4-18-9(5-8)14-11(16-18)15-12(21)17-3-1-7(6-17)10(19)20/h2,4-5,7H,1,3,6H2,(H,19,20)(H,15,16,21). The van der Waals surface area contributed by atoms with Crippen LogP contribution >= 0.6 is 15.9 Å². The third-order valence-electron chi connectivity index (χ3n) is 3.34. The lowest BCUT2D eigenvalue weighted by molar-refractivity contribution is -0.141. The lowest BCUT2D eigenvalue weighted by Gasteiger charge is -2.14. The Hall–Kier alpha value is -2.16. The smallest absolute Gasteiger partial charge is 0.324 e. The Morgan fingerprint density at radius 3 is 3.00 bits per heavy atom. The number of likely N-dealkylation sites (tertiary alicyclic amines) is 1. The first-order chi connectivity index (χ1) is 10.0. The zero-order valence-electron chi connectivity index (χ0n) is 10.9. The molecule has 2 amide bonds. The largest absolute Gasteiger partial charge is 0.481 e. The zero-order valence-corrected chi connectivity index (χ0v) is 12.4. The van der Waals surface area contributed by atoms with Crippen molar-refractivity contribution in [1.82, 2.24) is 19.5 Å². The second-order valence-electron chi connectivity index (χ2n) is 4.78. The molecule has 1 atom stereocenters. The third kappa shape index (κ3) is 2.82. The van der Waals surface area contributed by atoms with Gasteiger partial charge in [0.05, 0.1) is 5.92 Å². The zero-order chi connectivity index (χ0) is 15.0. The molecule has 3 rings (SSSR count). The van der Waals surface area contributed by atoms with Gasteiger partial charge in [-0.25, -0.2) is 9.31 Å². The van der Waals surface area contributed by atoms with Crippen molar-refractivity contribution in [2.45, 2.75) is 6.42 Å². The van der Waals surface area contributed by atoms with E-state index < -0.39 is 11.9 Å². The first-order valence-corrected chi connectivity index (χ1v) is 7.13. The van der Waals surface area contributed by atoms with Crippen LogP contribution in [0.3, 0.4) is 0 Å². The number of anilines is 1. The number of aliphatic carboxylic acids is 1. The Labute approximate surface area is 127 Å². The molecule has 21 heavy (non-hydrogen) atoms. The molecule has 1 fully saturated rings. The first-order valence-electron chi connectivity index (χ1n) is 6.33. The summed E-state index contributed by atoms with van der Waals surface area (Å²) in [5, 5.41) is 15.7. The topological polar surface area (TPSA) is 99.8 Å². The van der Waals surface area contributed by atoms with E-state index in [-0.39, 0.29) is 18.5 Å². The normalized spacial score (nSPS) is 18.1. The Morgan fingerprint density at radius 2 is 2.29 bits per heavy atom. The summed E-state index contributed by atoms with van der Waals surface area (Å²) < 4.78 is 2.41. The average Bonchev–Trinajstić information content (AvgIpc) is 3.03. The van der Waals surface area contributed by atoms with Gasteiger partial charge >= 0.3 is 12.0 Å². The molecule has 0 radical (unpaired) electrons. The van der Waals surface area contributed by atoms with E-state index in [0.717, 1.165) is 4.47 Å². The molecule has 9 heteroatoms. The van der Waals surface area contributed by atoms with Gasteiger partial charge < -0.3 is 10.0 Å². The number of nitrogens with zero attached hydrogens (tertiary/aromatic N) is 4. The Kier molecular flexibility index (Phi) is 3.50. The van der Waals surface area contributed by atoms with E-state index in [4.69, 9.17) is 5.11 Å². The maximum atomic E-state index is 12.0. The summed E-state index contributed by atoms with van der Waals surface area (Å²) >= 11 is 3.33. The summed E-state index contributed by atoms with van der Waals surface area (Å²) in [7, 11) is 0. The van der Waals surface area contributed by atoms with Crippen LogP contribution in [0, 0.1) is 5.92 Å². The van der Waals surface area contributed by atoms with Crippen LogP contribution in [0.15, 0.2) is 22.8 Å². The number of fused-ring (bicyclic) bond motifs is 1. The van der Waals surface area contributed by atoms with Crippen LogP contribution in [-0.4, -0.2) is 49.7 Å². The van der Waals surface area contributed by atoms with Crippen LogP contribution in [-0.2, 0) is 4.79 Å². The number of halogens is 1. The molecule has 8 nitrogen and oxygen atoms in total. The van der Waals surface area contributed by atoms with Crippen molar-refractivity contribution in [2.75, 3.05) is 18.4 Å². The quantitative estimate of drug-likeness (QED) is 0.850. The summed E-state index contributed by atoms with van der Waals surface area (Å²) in [5.41, 5.74) is 0.601. The van der Waals surface area contributed by atoms with Crippen molar-refractivity contribution in [3.8, 4) is 0 Å². The highest BCUT2D eigenvalue weighted by molar-refractivity contribution is 9.10. The van der Waals surface area contributed by atoms with Crippen molar-refractivity contribution in [3.63, 3.8) is 0 Å². The van der Waals surface area contributed by atoms with Gasteiger partial charge in [0.1, 0.15) is 0 Å². The van der Waals surface area contributed by atoms with Crippen LogP contribution in [0.4, 0.5) is 10.7 Å². The monoisotopic (exact) mass is 353 g/mol. The van der Waals surface area contributed by atoms with Gasteiger partial charge in [-0.1, -0.05) is 15.9 Å². The van der Waals surface area contributed by atoms with Crippen LogP contribution in [0.2, 0.25) is 0 Å². The minimum atomic E-state index is -0.874. The number of carboxylic acids is 1. The van der Waals surface area contributed by atoms with Gasteiger partial charge in [-0.15, -0.1) is 5.10 Å². The highest BCUT2D eigenvalue weighted by Gasteiger charge is 2.31. The van der Waals surface area contributed by atoms with Gasteiger partial charge in [0, 0.05) is 23.8 Å². The second-order valence-corrected chi connectivity index (χ2v) is 5.70. The number of hydrogen-bond acceptors (Lipinski definition) is 4. The molecule has 1 saturated heterocycles. The predicted molar refractivity (Wildman–Crippen MR) is 77.0 cm³/mol. The van der Waals surface area contributed by atoms with Crippen molar-refractivity contribution in [2.24, 2.45) is 5.92 Å². The lowest BCUT2D eigenvalue weighted by Crippen LogP contribution is -2.34. The van der Waals surface area contributed by atoms with Crippen LogP contribution in [0.1, 0.15) is 6.42 Å². The number of hydrogen-bond donors (Lipinski definition) is 2. The highest BCUT2D eigenvalue weighted by atomic mass is 79.9. The van der Waals surface area contributed by atoms with E-state index in [1.54, 1.807) is 16.8 Å². The second kappa shape index (κ2) is 5.32. The average molecular weight is 354 g/mol. The van der Waals surface area contributed by atoms with Crippen molar-refractivity contribution in [1.29, 1.82) is 0 Å². The first kappa shape index (κ1) is 13.8. The van der Waals surface area contributed by atoms with E-state index >= 15 is 0 Å². The van der Waals surface area contributed by atoms with E-state index in [2.05, 4.69) is 31.3 Å². The molecule has 1 aliphatic rings. The number of carboxylic acid groups (broad SMARTS) is 1. The fourth-order valence-electron chi connectivity index (χ4n) is 2.23. The van der Waals surface area contributed by atoms with Crippen molar-refractivity contribution in [3.05, 3.63) is 22.8 Å². The summed E-state index contributed by atoms with van der Waals surface area (Å²) in [5.74, 6) is -1.18. The molecule has 0 spiro atoms. The minimum Gasteiger partial charge on any atom is -0.481 e. The summed E-state index contributed by atoms with van der Waals surface area (Å²) in [6.45, 7) is 0.627. The Bertz CT molecular complexity index is 716. The van der Waals surface area contributed by atoms with Gasteiger partial charge in [-0.2, -0.15) is 4.98 Å². The number of urea groups is 1. The lowest BCUT2D eigenvalue weighted by atomic mass is 10.1. The molecular formula is C12H12BrN5O3. The molecule has 3 heterocycles. The van der Waals surface area contributed by atoms with Gasteiger partial charge in [-0.3, -0.25) is 10.1 Å². The molecule has 0 aliphatic carbocycles. The van der Waals surface area contributed by atoms with Crippen LogP contribution < -0.4 is 5.32 Å². The molecule has 2 N–H and O–H groups in total. The number of carbonyl (C=O) groups is 2. The molecule has 0 saturated carbocycles. The van der Waals surface area contributed by atoms with Gasteiger partial charge in [0.15, 0.2) is 5.65 Å². The van der Waals surface area contributed by atoms with E-state index in [9.17, 15) is 9.59 Å². The molecule has 110 valence electrons. The summed E-state index contributed by atoms with van der Waals surface area (Å²) in [4.78, 5) is 28.6. The molecule has 2 aromatic heterocycles. The molecule has 1 aliphatic heterocycles. The molecule has 2 aromatic rings. The van der Waals surface area contributed by atoms with Crippen molar-refractivity contribution >= 4 is 39.5 Å². The third-order valence-corrected chi connectivity index (χ3v) is 3.84. The summed E-state index contributed by atoms with van der Waals surface area (Å²) in [6, 6.07) is 3.21. The van der Waals surface area contributed by atoms with E-state index in [0.29, 0.717) is 18.6 Å². The predicted octanol–water partition coefficient (Wildman–Crippen LogP) is 1.43. The fourth-order valence-corrected chi connectivity index (χ4v) is 2.55. The Balaban J connectivity index is 1.70. The number of pyridine rings is 1. The van der Waals surface area contributed by atoms with Crippen LogP contribution in [0.25, 0.3) is 5.65 Å². The number of rotatable bonds is 2. The van der Waals surface area contributed by atoms with Crippen molar-refractivity contribution < 1.29 is 14.7 Å². The molecular weight excluding hydrogens is 342 g/mol. The maximum absolute atomic E-state index is 12.0. The molecule has 1 unspecified atom stereocenters. The Morgan fingerprint density at radius 1 is 1.48 bits per heavy atom. The number of aromatic nitrogens is 3. The number of amides is 2. The number of carbonyl (C=O) groups excluding carboxylic acids is 1. The summed E-state index contributed by atoms with van der Waals surface area (Å²) in [6.07, 6.45) is 2.19. The SMILES string of the molecule is O=C(O)C1CCN(C(=O)Nc2nc3cc(Br)ccn3n2)C1. The molecule has 0 aromatic carbocycles. The fraction of sp³-hybridized carbons (Fsp3) is 0.333. The van der Waals surface area contributed by atoms with Gasteiger partial charge in [0.25, 0.3) is 5.95 Å². The minimum absolute atomic E-state index is 0.192. The van der Waals surface area contributed by atoms with Crippen LogP contribution in [0.5, 0.6) is 0 Å². The van der Waals surface area contributed by atoms with Gasteiger partial charge in [-0.05, 0) is 18.6 Å². The maximum Gasteiger partial charge on any atom is 0.324 e. The van der Waals surface area contributed by atoms with Gasteiger partial charge in [0.2, 0.25) is 0 Å². The number of nitrogens with one attached hydrogen (secondary N) is 1.